The van der Waals surface area contributed by atoms with Gasteiger partial charge in [0.2, 0.25) is 5.91 Å². The fourth-order valence-electron chi connectivity index (χ4n) is 3.71. The molecule has 1 aliphatic heterocycles. The first-order valence-electron chi connectivity index (χ1n) is 9.65. The predicted octanol–water partition coefficient (Wildman–Crippen LogP) is 2.42. The monoisotopic (exact) mass is 372 g/mol. The Morgan fingerprint density at radius 3 is 2.74 bits per heavy atom. The first-order chi connectivity index (χ1) is 13.0. The van der Waals surface area contributed by atoms with Gasteiger partial charge in [0.05, 0.1) is 12.3 Å². The summed E-state index contributed by atoms with van der Waals surface area (Å²) in [6.45, 7) is 8.21. The Morgan fingerprint density at radius 1 is 1.33 bits per heavy atom. The van der Waals surface area contributed by atoms with E-state index in [0.29, 0.717) is 41.9 Å². The molecule has 2 amide bonds. The molecule has 1 saturated heterocycles. The number of nitrogens with zero attached hydrogens (tertiary/aromatic N) is 3. The van der Waals surface area contributed by atoms with E-state index in [1.807, 2.05) is 37.1 Å². The Morgan fingerprint density at radius 2 is 2.07 bits per heavy atom. The van der Waals surface area contributed by atoms with Crippen molar-refractivity contribution in [1.82, 2.24) is 19.6 Å². The van der Waals surface area contributed by atoms with Crippen molar-refractivity contribution in [1.29, 1.82) is 0 Å². The number of imidazole rings is 1. The largest absolute Gasteiger partial charge is 0.490 e. The third-order valence-corrected chi connectivity index (χ3v) is 5.20. The maximum atomic E-state index is 12.7. The number of aryl methyl sites for hydroxylation is 1. The minimum Gasteiger partial charge on any atom is -0.490 e. The van der Waals surface area contributed by atoms with Crippen LogP contribution in [-0.2, 0) is 4.79 Å². The predicted molar refractivity (Wildman–Crippen MR) is 103 cm³/mol. The number of carbonyl (C=O) groups excluding carboxylic acids is 2. The van der Waals surface area contributed by atoms with Gasteiger partial charge in [0.25, 0.3) is 5.91 Å². The first kappa shape index (κ1) is 19.2. The van der Waals surface area contributed by atoms with Crippen LogP contribution < -0.4 is 10.1 Å². The molecule has 0 atom stereocenters. The molecule has 7 heteroatoms. The van der Waals surface area contributed by atoms with Crippen molar-refractivity contribution in [2.45, 2.75) is 40.0 Å². The maximum Gasteiger partial charge on any atom is 0.270 e. The smallest absolute Gasteiger partial charge is 0.270 e. The van der Waals surface area contributed by atoms with Gasteiger partial charge >= 0.3 is 0 Å². The van der Waals surface area contributed by atoms with E-state index < -0.39 is 0 Å². The Kier molecular flexibility index (Phi) is 5.98. The van der Waals surface area contributed by atoms with Crippen LogP contribution in [0.25, 0.3) is 5.65 Å². The Bertz CT molecular complexity index is 822. The van der Waals surface area contributed by atoms with Crippen molar-refractivity contribution in [2.75, 3.05) is 26.2 Å². The number of nitrogens with one attached hydrogen (secondary N) is 1. The molecule has 3 rings (SSSR count). The van der Waals surface area contributed by atoms with Crippen molar-refractivity contribution < 1.29 is 14.3 Å². The van der Waals surface area contributed by atoms with Crippen LogP contribution in [0.4, 0.5) is 0 Å². The van der Waals surface area contributed by atoms with Crippen LogP contribution in [0, 0.1) is 12.8 Å². The summed E-state index contributed by atoms with van der Waals surface area (Å²) in [6.07, 6.45) is 4.77. The molecular formula is C20H28N4O3. The third-order valence-electron chi connectivity index (χ3n) is 5.20. The topological polar surface area (TPSA) is 75.9 Å². The van der Waals surface area contributed by atoms with Gasteiger partial charge in [-0.2, -0.15) is 0 Å². The fraction of sp³-hybridized carbons (Fsp3) is 0.550. The normalized spacial score (nSPS) is 15.1. The lowest BCUT2D eigenvalue weighted by atomic mass is 9.93. The number of piperidine rings is 1. The standard InChI is InChI=1S/C20H28N4O3/c1-4-27-17-6-5-11-24-18(14(2)22-19(17)24)20(26)21-10-7-16-8-12-23(13-9-16)15(3)25/h5-6,11,16H,4,7-10,12-13H2,1-3H3,(H,21,26). The molecule has 0 radical (unpaired) electrons. The molecule has 0 spiro atoms. The van der Waals surface area contributed by atoms with E-state index in [1.165, 1.54) is 0 Å². The molecule has 0 bridgehead atoms. The molecule has 27 heavy (non-hydrogen) atoms. The average molecular weight is 372 g/mol. The molecule has 1 fully saturated rings. The van der Waals surface area contributed by atoms with Gasteiger partial charge < -0.3 is 15.0 Å². The van der Waals surface area contributed by atoms with E-state index in [9.17, 15) is 9.59 Å². The molecule has 1 N–H and O–H groups in total. The lowest BCUT2D eigenvalue weighted by Crippen LogP contribution is -2.38. The molecule has 1 aliphatic rings. The van der Waals surface area contributed by atoms with Gasteiger partial charge in [-0.05, 0) is 51.2 Å². The quantitative estimate of drug-likeness (QED) is 0.845. The van der Waals surface area contributed by atoms with Crippen molar-refractivity contribution >= 4 is 17.5 Å². The van der Waals surface area contributed by atoms with Gasteiger partial charge in [-0.1, -0.05) is 0 Å². The number of aromatic nitrogens is 2. The summed E-state index contributed by atoms with van der Waals surface area (Å²) in [5, 5.41) is 3.03. The van der Waals surface area contributed by atoms with Crippen molar-refractivity contribution in [2.24, 2.45) is 5.92 Å². The second-order valence-electron chi connectivity index (χ2n) is 7.04. The van der Waals surface area contributed by atoms with E-state index in [0.717, 1.165) is 32.4 Å². The highest BCUT2D eigenvalue weighted by atomic mass is 16.5. The Hall–Kier alpha value is -2.57. The molecule has 2 aromatic heterocycles. The van der Waals surface area contributed by atoms with E-state index >= 15 is 0 Å². The van der Waals surface area contributed by atoms with Gasteiger partial charge in [0.15, 0.2) is 11.4 Å². The SMILES string of the molecule is CCOc1cccn2c(C(=O)NCCC3CCN(C(C)=O)CC3)c(C)nc12. The van der Waals surface area contributed by atoms with Gasteiger partial charge in [-0.15, -0.1) is 0 Å². The highest BCUT2D eigenvalue weighted by Gasteiger charge is 2.22. The summed E-state index contributed by atoms with van der Waals surface area (Å²) in [5.74, 6) is 1.26. The van der Waals surface area contributed by atoms with Crippen LogP contribution in [0.1, 0.15) is 49.3 Å². The average Bonchev–Trinajstić information content (AvgIpc) is 2.99. The zero-order valence-electron chi connectivity index (χ0n) is 16.3. The number of hydrogen-bond donors (Lipinski definition) is 1. The molecule has 0 aromatic carbocycles. The first-order valence-corrected chi connectivity index (χ1v) is 9.65. The summed E-state index contributed by atoms with van der Waals surface area (Å²) in [7, 11) is 0. The van der Waals surface area contributed by atoms with E-state index in [1.54, 1.807) is 11.3 Å². The second kappa shape index (κ2) is 8.41. The highest BCUT2D eigenvalue weighted by Crippen LogP contribution is 2.23. The summed E-state index contributed by atoms with van der Waals surface area (Å²) < 4.78 is 7.40. The van der Waals surface area contributed by atoms with Crippen molar-refractivity contribution in [3.8, 4) is 5.75 Å². The molecule has 0 unspecified atom stereocenters. The number of amides is 2. The number of pyridine rings is 1. The van der Waals surface area contributed by atoms with Gasteiger partial charge in [-0.3, -0.25) is 14.0 Å². The van der Waals surface area contributed by atoms with Gasteiger partial charge in [0, 0.05) is 32.8 Å². The minimum absolute atomic E-state index is 0.116. The second-order valence-corrected chi connectivity index (χ2v) is 7.04. The number of ether oxygens (including phenoxy) is 1. The number of rotatable bonds is 6. The molecule has 0 saturated carbocycles. The lowest BCUT2D eigenvalue weighted by Gasteiger charge is -2.31. The highest BCUT2D eigenvalue weighted by molar-refractivity contribution is 5.94. The zero-order valence-corrected chi connectivity index (χ0v) is 16.3. The van der Waals surface area contributed by atoms with E-state index in [4.69, 9.17) is 4.74 Å². The van der Waals surface area contributed by atoms with Crippen molar-refractivity contribution in [3.63, 3.8) is 0 Å². The number of likely N-dealkylation sites (tertiary alicyclic amines) is 1. The summed E-state index contributed by atoms with van der Waals surface area (Å²) in [5.41, 5.74) is 1.91. The molecule has 0 aliphatic carbocycles. The summed E-state index contributed by atoms with van der Waals surface area (Å²) in [4.78, 5) is 30.5. The Labute approximate surface area is 159 Å². The van der Waals surface area contributed by atoms with E-state index in [-0.39, 0.29) is 11.8 Å². The number of fused-ring (bicyclic) bond motifs is 1. The number of hydrogen-bond acceptors (Lipinski definition) is 4. The van der Waals surface area contributed by atoms with Gasteiger partial charge in [-0.25, -0.2) is 4.98 Å². The van der Waals surface area contributed by atoms with Crippen LogP contribution in [0.3, 0.4) is 0 Å². The molecule has 2 aromatic rings. The van der Waals surface area contributed by atoms with Crippen LogP contribution in [0.2, 0.25) is 0 Å². The van der Waals surface area contributed by atoms with E-state index in [2.05, 4.69) is 10.3 Å². The minimum atomic E-state index is -0.116. The van der Waals surface area contributed by atoms with Crippen LogP contribution in [0.15, 0.2) is 18.3 Å². The van der Waals surface area contributed by atoms with Gasteiger partial charge in [0.1, 0.15) is 5.69 Å². The van der Waals surface area contributed by atoms with Crippen molar-refractivity contribution in [3.05, 3.63) is 29.7 Å². The zero-order chi connectivity index (χ0) is 19.4. The molecular weight excluding hydrogens is 344 g/mol. The van der Waals surface area contributed by atoms with Crippen LogP contribution in [-0.4, -0.2) is 52.3 Å². The fourth-order valence-corrected chi connectivity index (χ4v) is 3.71. The Balaban J connectivity index is 1.60. The maximum absolute atomic E-state index is 12.7. The third kappa shape index (κ3) is 4.23. The van der Waals surface area contributed by atoms with Crippen LogP contribution >= 0.6 is 0 Å². The number of carbonyl (C=O) groups is 2. The summed E-state index contributed by atoms with van der Waals surface area (Å²) >= 11 is 0. The molecule has 3 heterocycles. The van der Waals surface area contributed by atoms with Crippen LogP contribution in [0.5, 0.6) is 5.75 Å². The summed E-state index contributed by atoms with van der Waals surface area (Å²) in [6, 6.07) is 3.72. The lowest BCUT2D eigenvalue weighted by molar-refractivity contribution is -0.130. The molecule has 146 valence electrons. The molecule has 7 nitrogen and oxygen atoms in total.